The lowest BCUT2D eigenvalue weighted by atomic mass is 10.2. The molecule has 10 heteroatoms. The van der Waals surface area contributed by atoms with Crippen molar-refractivity contribution >= 4 is 40.5 Å². The number of nitro groups is 1. The molecule has 0 bridgehead atoms. The average Bonchev–Trinajstić information content (AvgIpc) is 2.75. The second kappa shape index (κ2) is 10.2. The fourth-order valence-electron chi connectivity index (χ4n) is 3.40. The third-order valence-electron chi connectivity index (χ3n) is 5.10. The number of nitrogens with zero attached hydrogens (tertiary/aromatic N) is 4. The minimum Gasteiger partial charge on any atom is -0.363 e. The molecule has 164 valence electrons. The van der Waals surface area contributed by atoms with Crippen molar-refractivity contribution in [2.24, 2.45) is 0 Å². The second-order valence-corrected chi connectivity index (χ2v) is 7.69. The number of nitrogens with one attached hydrogen (secondary N) is 1. The van der Waals surface area contributed by atoms with Crippen molar-refractivity contribution in [3.63, 3.8) is 0 Å². The number of nitro benzene ring substituents is 1. The molecule has 31 heavy (non-hydrogen) atoms. The Morgan fingerprint density at radius 3 is 2.42 bits per heavy atom. The smallest absolute Gasteiger partial charge is 0.292 e. The molecule has 0 aliphatic carbocycles. The van der Waals surface area contributed by atoms with E-state index in [0.717, 1.165) is 0 Å². The molecule has 3 rings (SSSR count). The summed E-state index contributed by atoms with van der Waals surface area (Å²) in [6, 6.07) is 13.6. The SMILES string of the molecule is CN(CC(=O)Nc1ccccc1Cl)C(=O)CN1CCN(c2ccccc2[N+](=O)[O-])CC1. The fourth-order valence-corrected chi connectivity index (χ4v) is 3.58. The molecule has 2 amide bonds. The van der Waals surface area contributed by atoms with Gasteiger partial charge in [0, 0.05) is 39.3 Å². The monoisotopic (exact) mass is 445 g/mol. The Labute approximate surface area is 185 Å². The van der Waals surface area contributed by atoms with Crippen LogP contribution in [0.4, 0.5) is 17.1 Å². The van der Waals surface area contributed by atoms with E-state index in [2.05, 4.69) is 5.32 Å². The van der Waals surface area contributed by atoms with Crippen molar-refractivity contribution < 1.29 is 14.5 Å². The van der Waals surface area contributed by atoms with Crippen molar-refractivity contribution in [2.75, 3.05) is 56.5 Å². The number of halogens is 1. The van der Waals surface area contributed by atoms with Gasteiger partial charge in [-0.2, -0.15) is 0 Å². The molecular weight excluding hydrogens is 422 g/mol. The molecule has 1 aliphatic rings. The number of carbonyl (C=O) groups excluding carboxylic acids is 2. The van der Waals surface area contributed by atoms with E-state index in [9.17, 15) is 19.7 Å². The fraction of sp³-hybridized carbons (Fsp3) is 0.333. The Morgan fingerprint density at radius 2 is 1.74 bits per heavy atom. The summed E-state index contributed by atoms with van der Waals surface area (Å²) in [4.78, 5) is 40.9. The van der Waals surface area contributed by atoms with Gasteiger partial charge in [0.2, 0.25) is 11.8 Å². The largest absolute Gasteiger partial charge is 0.363 e. The first-order chi connectivity index (χ1) is 14.8. The van der Waals surface area contributed by atoms with Gasteiger partial charge >= 0.3 is 0 Å². The number of piperazine rings is 1. The van der Waals surface area contributed by atoms with E-state index < -0.39 is 0 Å². The van der Waals surface area contributed by atoms with Gasteiger partial charge in [0.05, 0.1) is 28.7 Å². The molecule has 0 radical (unpaired) electrons. The van der Waals surface area contributed by atoms with Gasteiger partial charge in [-0.15, -0.1) is 0 Å². The van der Waals surface area contributed by atoms with Crippen LogP contribution in [0.25, 0.3) is 0 Å². The van der Waals surface area contributed by atoms with E-state index in [1.165, 1.54) is 11.0 Å². The zero-order valence-corrected chi connectivity index (χ0v) is 17.9. The van der Waals surface area contributed by atoms with Crippen LogP contribution in [0.15, 0.2) is 48.5 Å². The maximum absolute atomic E-state index is 12.5. The molecular formula is C21H24ClN5O4. The number of hydrogen-bond donors (Lipinski definition) is 1. The Kier molecular flexibility index (Phi) is 7.43. The lowest BCUT2D eigenvalue weighted by Crippen LogP contribution is -2.50. The van der Waals surface area contributed by atoms with E-state index in [1.807, 2.05) is 9.80 Å². The summed E-state index contributed by atoms with van der Waals surface area (Å²) in [6.45, 7) is 2.44. The summed E-state index contributed by atoms with van der Waals surface area (Å²) < 4.78 is 0. The van der Waals surface area contributed by atoms with Crippen LogP contribution in [0.1, 0.15) is 0 Å². The summed E-state index contributed by atoms with van der Waals surface area (Å²) in [5.74, 6) is -0.501. The first-order valence-corrected chi connectivity index (χ1v) is 10.2. The zero-order valence-electron chi connectivity index (χ0n) is 17.2. The highest BCUT2D eigenvalue weighted by Crippen LogP contribution is 2.28. The number of rotatable bonds is 7. The number of para-hydroxylation sites is 3. The number of carbonyl (C=O) groups is 2. The first kappa shape index (κ1) is 22.5. The van der Waals surface area contributed by atoms with Gasteiger partial charge in [-0.3, -0.25) is 24.6 Å². The number of likely N-dealkylation sites (N-methyl/N-ethyl adjacent to an activating group) is 1. The predicted molar refractivity (Wildman–Crippen MR) is 119 cm³/mol. The second-order valence-electron chi connectivity index (χ2n) is 7.29. The van der Waals surface area contributed by atoms with Gasteiger partial charge in [0.15, 0.2) is 0 Å². The minimum atomic E-state index is -0.381. The van der Waals surface area contributed by atoms with E-state index in [1.54, 1.807) is 49.5 Å². The average molecular weight is 446 g/mol. The van der Waals surface area contributed by atoms with Crippen LogP contribution >= 0.6 is 11.6 Å². The third kappa shape index (κ3) is 5.93. The minimum absolute atomic E-state index is 0.0799. The summed E-state index contributed by atoms with van der Waals surface area (Å²) in [5, 5.41) is 14.4. The number of anilines is 2. The van der Waals surface area contributed by atoms with Crippen LogP contribution in [0, 0.1) is 10.1 Å². The van der Waals surface area contributed by atoms with E-state index in [4.69, 9.17) is 11.6 Å². The van der Waals surface area contributed by atoms with Gasteiger partial charge in [0.25, 0.3) is 5.69 Å². The molecule has 1 aliphatic heterocycles. The molecule has 0 saturated carbocycles. The lowest BCUT2D eigenvalue weighted by Gasteiger charge is -2.35. The molecule has 9 nitrogen and oxygen atoms in total. The Hall–Kier alpha value is -3.17. The standard InChI is InChI=1S/C21H24ClN5O4/c1-24(14-20(28)23-17-7-3-2-6-16(17)22)21(29)15-25-10-12-26(13-11-25)18-8-4-5-9-19(18)27(30)31/h2-9H,10-15H2,1H3,(H,23,28). The first-order valence-electron chi connectivity index (χ1n) is 9.84. The number of hydrogen-bond acceptors (Lipinski definition) is 6. The van der Waals surface area contributed by atoms with Crippen LogP contribution in [-0.4, -0.2) is 72.9 Å². The van der Waals surface area contributed by atoms with Crippen molar-refractivity contribution in [2.45, 2.75) is 0 Å². The maximum atomic E-state index is 12.5. The van der Waals surface area contributed by atoms with E-state index in [-0.39, 0.29) is 35.5 Å². The highest BCUT2D eigenvalue weighted by atomic mass is 35.5. The molecule has 0 atom stereocenters. The maximum Gasteiger partial charge on any atom is 0.292 e. The Morgan fingerprint density at radius 1 is 1.10 bits per heavy atom. The van der Waals surface area contributed by atoms with Gasteiger partial charge in [0.1, 0.15) is 5.69 Å². The van der Waals surface area contributed by atoms with Crippen LogP contribution in [0.5, 0.6) is 0 Å². The molecule has 0 aromatic heterocycles. The highest BCUT2D eigenvalue weighted by Gasteiger charge is 2.25. The van der Waals surface area contributed by atoms with Crippen LogP contribution in [0.3, 0.4) is 0 Å². The molecule has 1 saturated heterocycles. The highest BCUT2D eigenvalue weighted by molar-refractivity contribution is 6.33. The van der Waals surface area contributed by atoms with Crippen molar-refractivity contribution in [1.29, 1.82) is 0 Å². The number of benzene rings is 2. The summed E-state index contributed by atoms with van der Waals surface area (Å²) in [7, 11) is 1.58. The van der Waals surface area contributed by atoms with Gasteiger partial charge < -0.3 is 15.1 Å². The summed E-state index contributed by atoms with van der Waals surface area (Å²) in [5.41, 5.74) is 1.17. The molecule has 0 spiro atoms. The Balaban J connectivity index is 1.48. The van der Waals surface area contributed by atoms with Crippen LogP contribution in [0.2, 0.25) is 5.02 Å². The van der Waals surface area contributed by atoms with E-state index >= 15 is 0 Å². The van der Waals surface area contributed by atoms with E-state index in [0.29, 0.717) is 42.6 Å². The molecule has 1 heterocycles. The van der Waals surface area contributed by atoms with Crippen molar-refractivity contribution in [1.82, 2.24) is 9.80 Å². The predicted octanol–water partition coefficient (Wildman–Crippen LogP) is 2.47. The quantitative estimate of drug-likeness (QED) is 0.519. The zero-order chi connectivity index (χ0) is 22.4. The molecule has 2 aromatic rings. The van der Waals surface area contributed by atoms with Gasteiger partial charge in [-0.25, -0.2) is 0 Å². The normalized spacial score (nSPS) is 14.2. The molecule has 0 unspecified atom stereocenters. The van der Waals surface area contributed by atoms with Crippen LogP contribution < -0.4 is 10.2 Å². The van der Waals surface area contributed by atoms with Crippen molar-refractivity contribution in [3.8, 4) is 0 Å². The van der Waals surface area contributed by atoms with Crippen LogP contribution in [-0.2, 0) is 9.59 Å². The topological polar surface area (TPSA) is 99.0 Å². The third-order valence-corrected chi connectivity index (χ3v) is 5.43. The summed E-state index contributed by atoms with van der Waals surface area (Å²) >= 11 is 6.04. The van der Waals surface area contributed by atoms with Crippen molar-refractivity contribution in [3.05, 3.63) is 63.7 Å². The lowest BCUT2D eigenvalue weighted by molar-refractivity contribution is -0.384. The number of amides is 2. The molecule has 1 fully saturated rings. The molecule has 2 aromatic carbocycles. The van der Waals surface area contributed by atoms with Gasteiger partial charge in [-0.1, -0.05) is 35.9 Å². The molecule has 1 N–H and O–H groups in total. The summed E-state index contributed by atoms with van der Waals surface area (Å²) in [6.07, 6.45) is 0. The Bertz CT molecular complexity index is 962. The van der Waals surface area contributed by atoms with Gasteiger partial charge in [-0.05, 0) is 18.2 Å².